The molecule has 0 saturated heterocycles. The molecule has 140 valence electrons. The highest BCUT2D eigenvalue weighted by Crippen LogP contribution is 2.41. The van der Waals surface area contributed by atoms with Crippen LogP contribution in [0.5, 0.6) is 5.75 Å². The molecule has 0 unspecified atom stereocenters. The Morgan fingerprint density at radius 2 is 1.70 bits per heavy atom. The number of rotatable bonds is 5. The number of anilines is 1. The number of thioether (sulfide) groups is 1. The van der Waals surface area contributed by atoms with Crippen LogP contribution in [0.2, 0.25) is 5.02 Å². The monoisotopic (exact) mass is 401 g/mol. The van der Waals surface area contributed by atoms with Crippen LogP contribution in [0.15, 0.2) is 47.4 Å². The maximum atomic E-state index is 13.3. The second-order valence-corrected chi connectivity index (χ2v) is 8.50. The zero-order chi connectivity index (χ0) is 19.7. The van der Waals surface area contributed by atoms with Gasteiger partial charge in [0.25, 0.3) is 11.8 Å². The highest BCUT2D eigenvalue weighted by atomic mass is 35.5. The summed E-state index contributed by atoms with van der Waals surface area (Å²) in [6, 6.07) is 12.3. The number of amides is 2. The van der Waals surface area contributed by atoms with Gasteiger partial charge in [-0.25, -0.2) is 4.90 Å². The summed E-state index contributed by atoms with van der Waals surface area (Å²) in [6.07, 6.45) is 0. The topological polar surface area (TPSA) is 46.6 Å². The van der Waals surface area contributed by atoms with E-state index in [0.29, 0.717) is 32.5 Å². The summed E-state index contributed by atoms with van der Waals surface area (Å²) in [4.78, 5) is 28.1. The van der Waals surface area contributed by atoms with Crippen molar-refractivity contribution in [3.05, 3.63) is 63.5 Å². The van der Waals surface area contributed by atoms with Crippen LogP contribution in [0.4, 0.5) is 5.69 Å². The second-order valence-electron chi connectivity index (χ2n) is 6.48. The van der Waals surface area contributed by atoms with Gasteiger partial charge in [0.2, 0.25) is 0 Å². The Morgan fingerprint density at radius 3 is 2.26 bits per heavy atom. The van der Waals surface area contributed by atoms with E-state index >= 15 is 0 Å². The van der Waals surface area contributed by atoms with Gasteiger partial charge in [-0.05, 0) is 48.4 Å². The first kappa shape index (κ1) is 19.5. The first-order valence-corrected chi connectivity index (χ1v) is 9.79. The zero-order valence-electron chi connectivity index (χ0n) is 15.6. The number of carbonyl (C=O) groups is 2. The highest BCUT2D eigenvalue weighted by molar-refractivity contribution is 8.04. The maximum absolute atomic E-state index is 13.3. The number of carbonyl (C=O) groups excluding carboxylic acids is 2. The van der Waals surface area contributed by atoms with E-state index in [9.17, 15) is 9.59 Å². The van der Waals surface area contributed by atoms with Crippen LogP contribution in [0.25, 0.3) is 5.57 Å². The molecule has 3 rings (SSSR count). The van der Waals surface area contributed by atoms with E-state index in [4.69, 9.17) is 16.3 Å². The molecule has 1 heterocycles. The smallest absolute Gasteiger partial charge is 0.272 e. The molecule has 0 aromatic heterocycles. The van der Waals surface area contributed by atoms with E-state index in [1.165, 1.54) is 16.7 Å². The second kappa shape index (κ2) is 7.79. The third kappa shape index (κ3) is 3.75. The Balaban J connectivity index is 2.10. The van der Waals surface area contributed by atoms with Crippen LogP contribution in [0, 0.1) is 6.92 Å². The zero-order valence-corrected chi connectivity index (χ0v) is 17.1. The van der Waals surface area contributed by atoms with Crippen molar-refractivity contribution in [3.63, 3.8) is 0 Å². The summed E-state index contributed by atoms with van der Waals surface area (Å²) in [6.45, 7) is 5.83. The van der Waals surface area contributed by atoms with Gasteiger partial charge in [-0.2, -0.15) is 0 Å². The molecule has 0 saturated carbocycles. The van der Waals surface area contributed by atoms with Crippen molar-refractivity contribution < 1.29 is 14.3 Å². The molecule has 2 amide bonds. The number of methoxy groups -OCH3 is 1. The van der Waals surface area contributed by atoms with Gasteiger partial charge in [-0.3, -0.25) is 9.59 Å². The number of nitrogens with zero attached hydrogens (tertiary/aromatic N) is 1. The fourth-order valence-electron chi connectivity index (χ4n) is 2.96. The van der Waals surface area contributed by atoms with Gasteiger partial charge >= 0.3 is 0 Å². The minimum absolute atomic E-state index is 0.163. The Kier molecular flexibility index (Phi) is 5.63. The average Bonchev–Trinajstić information content (AvgIpc) is 2.85. The van der Waals surface area contributed by atoms with Crippen LogP contribution in [0.3, 0.4) is 0 Å². The lowest BCUT2D eigenvalue weighted by atomic mass is 10.1. The lowest BCUT2D eigenvalue weighted by molar-refractivity contribution is -0.119. The molecule has 0 N–H and O–H groups in total. The van der Waals surface area contributed by atoms with Crippen LogP contribution in [-0.4, -0.2) is 24.2 Å². The van der Waals surface area contributed by atoms with Gasteiger partial charge in [0.15, 0.2) is 0 Å². The Labute approximate surface area is 168 Å². The van der Waals surface area contributed by atoms with Crippen molar-refractivity contribution in [2.45, 2.75) is 26.0 Å². The van der Waals surface area contributed by atoms with E-state index in [2.05, 4.69) is 0 Å². The maximum Gasteiger partial charge on any atom is 0.272 e. The van der Waals surface area contributed by atoms with E-state index in [1.807, 2.05) is 20.8 Å². The minimum Gasteiger partial charge on any atom is -0.497 e. The fourth-order valence-corrected chi connectivity index (χ4v) is 4.17. The van der Waals surface area contributed by atoms with Gasteiger partial charge in [-0.15, -0.1) is 11.8 Å². The first-order valence-electron chi connectivity index (χ1n) is 8.53. The lowest BCUT2D eigenvalue weighted by Crippen LogP contribution is -2.32. The molecule has 0 fully saturated rings. The van der Waals surface area contributed by atoms with Gasteiger partial charge in [0.1, 0.15) is 5.75 Å². The molecule has 2 aromatic rings. The molecule has 6 heteroatoms. The van der Waals surface area contributed by atoms with Gasteiger partial charge in [-0.1, -0.05) is 37.6 Å². The van der Waals surface area contributed by atoms with Gasteiger partial charge < -0.3 is 4.74 Å². The molecule has 4 nitrogen and oxygen atoms in total. The third-order valence-electron chi connectivity index (χ3n) is 4.17. The van der Waals surface area contributed by atoms with Gasteiger partial charge in [0.05, 0.1) is 23.3 Å². The molecule has 1 aliphatic rings. The number of hydrogen-bond donors (Lipinski definition) is 0. The Hall–Kier alpha value is -2.24. The summed E-state index contributed by atoms with van der Waals surface area (Å²) in [7, 11) is 1.59. The predicted octanol–water partition coefficient (Wildman–Crippen LogP) is 5.08. The lowest BCUT2D eigenvalue weighted by Gasteiger charge is -2.18. The molecular weight excluding hydrogens is 382 g/mol. The number of benzene rings is 2. The van der Waals surface area contributed by atoms with Crippen LogP contribution in [-0.2, 0) is 9.59 Å². The summed E-state index contributed by atoms with van der Waals surface area (Å²) in [5, 5.41) is 0.728. The third-order valence-corrected chi connectivity index (χ3v) is 5.49. The molecular formula is C21H20ClNO3S. The predicted molar refractivity (Wildman–Crippen MR) is 111 cm³/mol. The molecule has 0 aliphatic carbocycles. The quantitative estimate of drug-likeness (QED) is 0.655. The number of aryl methyl sites for hydroxylation is 1. The first-order chi connectivity index (χ1) is 12.8. The minimum atomic E-state index is -0.321. The Morgan fingerprint density at radius 1 is 1.04 bits per heavy atom. The van der Waals surface area contributed by atoms with Crippen molar-refractivity contribution in [1.82, 2.24) is 0 Å². The highest BCUT2D eigenvalue weighted by Gasteiger charge is 2.41. The number of hydrogen-bond acceptors (Lipinski definition) is 4. The SMILES string of the molecule is COc1ccc(C2=C(SC(C)C)C(=O)N(c3ccc(Cl)cc3C)C2=O)cc1. The fraction of sp³-hybridized carbons (Fsp3) is 0.238. The largest absolute Gasteiger partial charge is 0.497 e. The molecule has 27 heavy (non-hydrogen) atoms. The summed E-state index contributed by atoms with van der Waals surface area (Å²) in [5.41, 5.74) is 2.45. The van der Waals surface area contributed by atoms with E-state index in [1.54, 1.807) is 49.6 Å². The number of ether oxygens (including phenoxy) is 1. The normalized spacial score (nSPS) is 14.5. The summed E-state index contributed by atoms with van der Waals surface area (Å²) >= 11 is 7.44. The molecule has 0 spiro atoms. The van der Waals surface area contributed by atoms with Crippen molar-refractivity contribution >= 4 is 46.4 Å². The van der Waals surface area contributed by atoms with Crippen LogP contribution < -0.4 is 9.64 Å². The Bertz CT molecular complexity index is 935. The van der Waals surface area contributed by atoms with Gasteiger partial charge in [0, 0.05) is 10.3 Å². The van der Waals surface area contributed by atoms with Crippen LogP contribution >= 0.6 is 23.4 Å². The van der Waals surface area contributed by atoms with Crippen molar-refractivity contribution in [2.75, 3.05) is 12.0 Å². The van der Waals surface area contributed by atoms with E-state index < -0.39 is 0 Å². The number of halogens is 1. The molecule has 0 radical (unpaired) electrons. The van der Waals surface area contributed by atoms with Crippen molar-refractivity contribution in [3.8, 4) is 5.75 Å². The molecule has 2 aromatic carbocycles. The van der Waals surface area contributed by atoms with E-state index in [-0.39, 0.29) is 17.1 Å². The standard InChI is InChI=1S/C21H20ClNO3S/c1-12(2)27-19-18(14-5-8-16(26-4)9-6-14)20(24)23(21(19)25)17-10-7-15(22)11-13(17)3/h5-12H,1-4H3. The molecule has 0 atom stereocenters. The summed E-state index contributed by atoms with van der Waals surface area (Å²) in [5.74, 6) is 0.0771. The molecule has 1 aliphatic heterocycles. The summed E-state index contributed by atoms with van der Waals surface area (Å²) < 4.78 is 5.19. The van der Waals surface area contributed by atoms with Crippen molar-refractivity contribution in [2.24, 2.45) is 0 Å². The molecule has 0 bridgehead atoms. The van der Waals surface area contributed by atoms with E-state index in [0.717, 1.165) is 5.56 Å². The van der Waals surface area contributed by atoms with Crippen molar-refractivity contribution in [1.29, 1.82) is 0 Å². The average molecular weight is 402 g/mol. The number of imide groups is 1. The van der Waals surface area contributed by atoms with Crippen LogP contribution in [0.1, 0.15) is 25.0 Å².